The maximum Gasteiger partial charge on any atom is 0.261 e. The average Bonchev–Trinajstić information content (AvgIpc) is 2.91. The van der Waals surface area contributed by atoms with E-state index in [0.29, 0.717) is 24.3 Å². The number of benzene rings is 3. The number of hydrogen-bond donors (Lipinski definition) is 2. The molecule has 37 heavy (non-hydrogen) atoms. The van der Waals surface area contributed by atoms with Gasteiger partial charge in [-0.2, -0.15) is 0 Å². The zero-order valence-electron chi connectivity index (χ0n) is 21.8. The summed E-state index contributed by atoms with van der Waals surface area (Å²) in [7, 11) is -3.77. The highest BCUT2D eigenvalue weighted by Crippen LogP contribution is 2.36. The molecule has 2 N–H and O–H groups in total. The van der Waals surface area contributed by atoms with E-state index in [1.165, 1.54) is 5.57 Å². The van der Waals surface area contributed by atoms with E-state index in [9.17, 15) is 13.2 Å². The molecule has 0 aromatic heterocycles. The lowest BCUT2D eigenvalue weighted by molar-refractivity contribution is 0.0773. The molecule has 0 atom stereocenters. The van der Waals surface area contributed by atoms with Crippen molar-refractivity contribution in [3.8, 4) is 0 Å². The lowest BCUT2D eigenvalue weighted by Crippen LogP contribution is -2.30. The van der Waals surface area contributed by atoms with Crippen LogP contribution in [0.1, 0.15) is 53.7 Å². The second-order valence-corrected chi connectivity index (χ2v) is 10.9. The van der Waals surface area contributed by atoms with Crippen molar-refractivity contribution in [2.45, 2.75) is 38.5 Å². The number of nitrogens with one attached hydrogen (secondary N) is 2. The highest BCUT2D eigenvalue weighted by Gasteiger charge is 2.21. The zero-order valence-corrected chi connectivity index (χ0v) is 22.6. The number of hydrogen-bond acceptors (Lipinski definition) is 4. The number of carbonyl (C=O) groups excluding carboxylic acids is 1. The topological polar surface area (TPSA) is 78.5 Å². The summed E-state index contributed by atoms with van der Waals surface area (Å²) in [5, 5.41) is 3.40. The van der Waals surface area contributed by atoms with Gasteiger partial charge >= 0.3 is 0 Å². The summed E-state index contributed by atoms with van der Waals surface area (Å²) in [6.45, 7) is 8.94. The third kappa shape index (κ3) is 6.12. The van der Waals surface area contributed by atoms with Gasteiger partial charge in [-0.1, -0.05) is 53.6 Å². The van der Waals surface area contributed by atoms with Gasteiger partial charge in [-0.3, -0.25) is 9.52 Å². The lowest BCUT2D eigenvalue weighted by Gasteiger charge is -2.23. The first-order chi connectivity index (χ1) is 17.8. The first-order valence-electron chi connectivity index (χ1n) is 12.9. The van der Waals surface area contributed by atoms with Crippen LogP contribution in [-0.2, 0) is 10.0 Å². The van der Waals surface area contributed by atoms with Gasteiger partial charge in [0.05, 0.1) is 10.6 Å². The lowest BCUT2D eigenvalue weighted by atomic mass is 9.87. The van der Waals surface area contributed by atoms with Gasteiger partial charge in [-0.25, -0.2) is 8.42 Å². The fourth-order valence-electron chi connectivity index (χ4n) is 4.71. The van der Waals surface area contributed by atoms with Crippen molar-refractivity contribution in [3.63, 3.8) is 0 Å². The normalized spacial score (nSPS) is 13.8. The number of carbonyl (C=O) groups is 1. The summed E-state index contributed by atoms with van der Waals surface area (Å²) in [4.78, 5) is 14.9. The van der Waals surface area contributed by atoms with Crippen molar-refractivity contribution < 1.29 is 13.2 Å². The van der Waals surface area contributed by atoms with Crippen LogP contribution in [0.5, 0.6) is 0 Å². The van der Waals surface area contributed by atoms with Crippen molar-refractivity contribution in [1.29, 1.82) is 0 Å². The molecule has 6 nitrogen and oxygen atoms in total. The van der Waals surface area contributed by atoms with E-state index < -0.39 is 10.0 Å². The number of aryl methyl sites for hydroxylation is 1. The molecule has 4 rings (SSSR count). The molecule has 0 unspecified atom stereocenters. The molecule has 0 spiro atoms. The molecule has 0 radical (unpaired) electrons. The molecular formula is C30H35N3O3S. The quantitative estimate of drug-likeness (QED) is 0.416. The van der Waals surface area contributed by atoms with Crippen molar-refractivity contribution in [1.82, 2.24) is 10.2 Å². The molecule has 1 aliphatic heterocycles. The van der Waals surface area contributed by atoms with Crippen LogP contribution in [0.4, 0.5) is 5.69 Å². The maximum absolute atomic E-state index is 13.3. The minimum absolute atomic E-state index is 0.0128. The average molecular weight is 518 g/mol. The Labute approximate surface area is 220 Å². The minimum Gasteiger partial charge on any atom is -0.339 e. The van der Waals surface area contributed by atoms with Gasteiger partial charge in [0, 0.05) is 24.2 Å². The molecule has 1 heterocycles. The molecule has 1 amide bonds. The largest absolute Gasteiger partial charge is 0.339 e. The Kier molecular flexibility index (Phi) is 8.46. The first kappa shape index (κ1) is 26.6. The molecule has 1 aliphatic rings. The van der Waals surface area contributed by atoms with Crippen molar-refractivity contribution >= 4 is 27.2 Å². The third-order valence-corrected chi connectivity index (χ3v) is 8.19. The van der Waals surface area contributed by atoms with Crippen LogP contribution in [0.3, 0.4) is 0 Å². The molecule has 0 aliphatic carbocycles. The molecule has 1 fully saturated rings. The smallest absolute Gasteiger partial charge is 0.261 e. The summed E-state index contributed by atoms with van der Waals surface area (Å²) >= 11 is 0. The molecule has 0 saturated carbocycles. The minimum atomic E-state index is -3.77. The predicted octanol–water partition coefficient (Wildman–Crippen LogP) is 5.46. The predicted molar refractivity (Wildman–Crippen MR) is 150 cm³/mol. The number of amides is 1. The Bertz CT molecular complexity index is 1370. The van der Waals surface area contributed by atoms with Gasteiger partial charge in [0.2, 0.25) is 0 Å². The van der Waals surface area contributed by atoms with Crippen LogP contribution < -0.4 is 10.0 Å². The van der Waals surface area contributed by atoms with E-state index in [1.54, 1.807) is 35.2 Å². The zero-order chi connectivity index (χ0) is 26.4. The van der Waals surface area contributed by atoms with E-state index in [2.05, 4.69) is 10.0 Å². The summed E-state index contributed by atoms with van der Waals surface area (Å²) < 4.78 is 29.4. The van der Waals surface area contributed by atoms with Crippen molar-refractivity contribution in [3.05, 3.63) is 101 Å². The maximum atomic E-state index is 13.3. The molecule has 1 saturated heterocycles. The van der Waals surface area contributed by atoms with E-state index in [1.807, 2.05) is 63.2 Å². The summed E-state index contributed by atoms with van der Waals surface area (Å²) in [5.41, 5.74) is 6.27. The van der Waals surface area contributed by atoms with E-state index >= 15 is 0 Å². The SMILES string of the molecule is CCN(CC)C(=O)c1ccc(C(=C2CCNCC2)c2ccccc2NS(=O)(=O)c2ccc(C)cc2)cc1. The second-order valence-electron chi connectivity index (χ2n) is 9.25. The van der Waals surface area contributed by atoms with Crippen LogP contribution in [0.25, 0.3) is 5.57 Å². The molecule has 3 aromatic carbocycles. The van der Waals surface area contributed by atoms with Gasteiger partial charge in [0.25, 0.3) is 15.9 Å². The van der Waals surface area contributed by atoms with Crippen molar-refractivity contribution in [2.75, 3.05) is 30.9 Å². The molecule has 0 bridgehead atoms. The highest BCUT2D eigenvalue weighted by molar-refractivity contribution is 7.92. The highest BCUT2D eigenvalue weighted by atomic mass is 32.2. The van der Waals surface area contributed by atoms with E-state index in [0.717, 1.165) is 48.2 Å². The Morgan fingerprint density at radius 3 is 2.08 bits per heavy atom. The van der Waals surface area contributed by atoms with Gasteiger partial charge in [-0.05, 0) is 88.2 Å². The molecule has 194 valence electrons. The number of anilines is 1. The van der Waals surface area contributed by atoms with Crippen molar-refractivity contribution in [2.24, 2.45) is 0 Å². The number of piperidine rings is 1. The second kappa shape index (κ2) is 11.8. The standard InChI is InChI=1S/C30H35N3O3S/c1-4-33(5-2)30(34)25-14-12-23(13-15-25)29(24-18-20-31-21-19-24)27-8-6-7-9-28(27)32-37(35,36)26-16-10-22(3)11-17-26/h6-17,31-32H,4-5,18-21H2,1-3H3. The monoisotopic (exact) mass is 517 g/mol. The number of nitrogens with zero attached hydrogens (tertiary/aromatic N) is 1. The fraction of sp³-hybridized carbons (Fsp3) is 0.300. The van der Waals surface area contributed by atoms with Gasteiger partial charge < -0.3 is 10.2 Å². The van der Waals surface area contributed by atoms with Gasteiger partial charge in [0.1, 0.15) is 0 Å². The van der Waals surface area contributed by atoms with Gasteiger partial charge in [0.15, 0.2) is 0 Å². The Morgan fingerprint density at radius 2 is 1.46 bits per heavy atom. The van der Waals surface area contributed by atoms with E-state index in [-0.39, 0.29) is 10.8 Å². The number of sulfonamides is 1. The summed E-state index contributed by atoms with van der Waals surface area (Å²) in [6.07, 6.45) is 1.74. The Balaban J connectivity index is 1.76. The molecular weight excluding hydrogens is 482 g/mol. The van der Waals surface area contributed by atoms with Crippen LogP contribution >= 0.6 is 0 Å². The number of rotatable bonds is 8. The van der Waals surface area contributed by atoms with Gasteiger partial charge in [-0.15, -0.1) is 0 Å². The number of para-hydroxylation sites is 1. The van der Waals surface area contributed by atoms with Crippen LogP contribution in [0.15, 0.2) is 83.3 Å². The third-order valence-electron chi connectivity index (χ3n) is 6.80. The van der Waals surface area contributed by atoms with Crippen LogP contribution in [0, 0.1) is 6.92 Å². The Hall–Kier alpha value is -3.42. The fourth-order valence-corrected chi connectivity index (χ4v) is 5.79. The molecule has 3 aromatic rings. The molecule has 7 heteroatoms. The summed E-state index contributed by atoms with van der Waals surface area (Å²) in [6, 6.07) is 22.1. The van der Waals surface area contributed by atoms with Crippen LogP contribution in [0.2, 0.25) is 0 Å². The van der Waals surface area contributed by atoms with E-state index in [4.69, 9.17) is 0 Å². The Morgan fingerprint density at radius 1 is 0.865 bits per heavy atom. The summed E-state index contributed by atoms with van der Waals surface area (Å²) in [5.74, 6) is 0.0128. The van der Waals surface area contributed by atoms with Crippen LogP contribution in [-0.4, -0.2) is 45.4 Å². The first-order valence-corrected chi connectivity index (χ1v) is 14.3.